The van der Waals surface area contributed by atoms with Crippen LogP contribution in [0.3, 0.4) is 0 Å². The molecule has 2 amide bonds. The summed E-state index contributed by atoms with van der Waals surface area (Å²) in [6.45, 7) is 9.08. The lowest BCUT2D eigenvalue weighted by Gasteiger charge is -2.32. The molecule has 0 spiro atoms. The number of fused-ring (bicyclic) bond motifs is 6. The van der Waals surface area contributed by atoms with Crippen LogP contribution in [-0.2, 0) is 20.4 Å². The highest BCUT2D eigenvalue weighted by molar-refractivity contribution is 8.00. The first-order valence-electron chi connectivity index (χ1n) is 21.1. The van der Waals surface area contributed by atoms with E-state index in [0.29, 0.717) is 16.5 Å². The fraction of sp³-hybridized carbons (Fsp3) is 0.167. The molecule has 10 rings (SSSR count). The van der Waals surface area contributed by atoms with Crippen molar-refractivity contribution < 1.29 is 14.2 Å². The van der Waals surface area contributed by atoms with E-state index in [-0.39, 0.29) is 35.1 Å². The number of amides is 2. The van der Waals surface area contributed by atoms with Gasteiger partial charge in [-0.3, -0.25) is 19.4 Å². The molecular formula is C54H44Cl2N3O2S2+. The molecule has 0 radical (unpaired) electrons. The van der Waals surface area contributed by atoms with Gasteiger partial charge in [-0.2, -0.15) is 4.58 Å². The van der Waals surface area contributed by atoms with E-state index < -0.39 is 0 Å². The minimum Gasteiger partial charge on any atom is -0.279 e. The largest absolute Gasteiger partial charge is 0.297 e. The van der Waals surface area contributed by atoms with Crippen molar-refractivity contribution in [3.05, 3.63) is 196 Å². The van der Waals surface area contributed by atoms with Crippen molar-refractivity contribution in [3.8, 4) is 0 Å². The predicted molar refractivity (Wildman–Crippen MR) is 261 cm³/mol. The molecule has 0 bridgehead atoms. The van der Waals surface area contributed by atoms with Crippen molar-refractivity contribution >= 4 is 92.7 Å². The normalized spacial score (nSPS) is 18.3. The molecular weight excluding hydrogens is 858 g/mol. The molecule has 6 aromatic rings. The summed E-state index contributed by atoms with van der Waals surface area (Å²) in [5, 5.41) is 1.18. The molecule has 0 N–H and O–H groups in total. The van der Waals surface area contributed by atoms with Gasteiger partial charge in [0.25, 0.3) is 5.91 Å². The van der Waals surface area contributed by atoms with Crippen LogP contribution >= 0.6 is 46.7 Å². The average molecular weight is 902 g/mol. The fourth-order valence-electron chi connectivity index (χ4n) is 9.82. The number of carbonyl (C=O) groups is 2. The van der Waals surface area contributed by atoms with Crippen LogP contribution in [0.5, 0.6) is 0 Å². The van der Waals surface area contributed by atoms with Crippen LogP contribution in [0.25, 0.3) is 0 Å². The zero-order valence-electron chi connectivity index (χ0n) is 35.3. The van der Waals surface area contributed by atoms with Crippen LogP contribution in [0, 0.1) is 0 Å². The Morgan fingerprint density at radius 2 is 1.14 bits per heavy atom. The summed E-state index contributed by atoms with van der Waals surface area (Å²) < 4.78 is 2.16. The summed E-state index contributed by atoms with van der Waals surface area (Å²) in [5.74, 6) is -0.155. The van der Waals surface area contributed by atoms with Gasteiger partial charge in [0.1, 0.15) is 0 Å². The summed E-state index contributed by atoms with van der Waals surface area (Å²) in [6, 6.07) is 44.5. The van der Waals surface area contributed by atoms with E-state index in [2.05, 4.69) is 117 Å². The summed E-state index contributed by atoms with van der Waals surface area (Å²) >= 11 is 16.4. The van der Waals surface area contributed by atoms with Crippen LogP contribution in [0.2, 0.25) is 10.0 Å². The maximum absolute atomic E-state index is 14.8. The number of halogens is 2. The van der Waals surface area contributed by atoms with Gasteiger partial charge < -0.3 is 0 Å². The lowest BCUT2D eigenvalue weighted by atomic mass is 9.80. The first-order valence-corrected chi connectivity index (χ1v) is 23.5. The van der Waals surface area contributed by atoms with E-state index in [0.717, 1.165) is 53.7 Å². The predicted octanol–water partition coefficient (Wildman–Crippen LogP) is 14.5. The molecule has 1 unspecified atom stereocenters. The maximum atomic E-state index is 14.8. The number of benzene rings is 6. The molecule has 0 fully saturated rings. The SMILES string of the molecule is CC1(C)C(/C=C/C=C/C=C2\C(CC(=O)N3c4ccccc4Sc4ccc(Cl)cc43)c3ccccc3C2(C)C)=[N+](CC(=O)N2c3ccccc3Sc3ccc(Cl)cc32)c2ccccc21. The second kappa shape index (κ2) is 16.2. The zero-order chi connectivity index (χ0) is 43.6. The van der Waals surface area contributed by atoms with Crippen LogP contribution in [0.1, 0.15) is 56.7 Å². The summed E-state index contributed by atoms with van der Waals surface area (Å²) in [4.78, 5) is 37.2. The Bertz CT molecular complexity index is 3020. The van der Waals surface area contributed by atoms with Crippen molar-refractivity contribution in [1.29, 1.82) is 0 Å². The Hall–Kier alpha value is -5.57. The van der Waals surface area contributed by atoms with E-state index in [1.165, 1.54) is 22.3 Å². The van der Waals surface area contributed by atoms with Crippen LogP contribution in [0.4, 0.5) is 28.4 Å². The van der Waals surface area contributed by atoms with Gasteiger partial charge in [0.05, 0.1) is 28.2 Å². The lowest BCUT2D eigenvalue weighted by Crippen LogP contribution is -2.36. The van der Waals surface area contributed by atoms with Crippen LogP contribution in [0.15, 0.2) is 189 Å². The molecule has 1 aliphatic carbocycles. The second-order valence-electron chi connectivity index (χ2n) is 17.3. The maximum Gasteiger partial charge on any atom is 0.297 e. The molecule has 5 nitrogen and oxygen atoms in total. The molecule has 4 aliphatic rings. The average Bonchev–Trinajstić information content (AvgIpc) is 3.62. The smallest absolute Gasteiger partial charge is 0.279 e. The Kier molecular flexibility index (Phi) is 10.7. The first-order chi connectivity index (χ1) is 30.4. The zero-order valence-corrected chi connectivity index (χ0v) is 38.5. The van der Waals surface area contributed by atoms with E-state index in [1.54, 1.807) is 23.5 Å². The quantitative estimate of drug-likeness (QED) is 0.118. The van der Waals surface area contributed by atoms with Gasteiger partial charge in [-0.05, 0) is 85.6 Å². The lowest BCUT2D eigenvalue weighted by molar-refractivity contribution is -0.424. The molecule has 0 saturated heterocycles. The van der Waals surface area contributed by atoms with Gasteiger partial charge >= 0.3 is 0 Å². The van der Waals surface area contributed by atoms with Gasteiger partial charge in [0.2, 0.25) is 18.1 Å². The standard InChI is InChI=1S/C54H44Cl2N3O2S2/c1-53(2)38-18-9-8-16-36(38)37(32-51(60)58-42-21-12-14-23-46(42)62-48-28-26-34(55)30-44(48)58)39(53)17-6-5-7-25-50-54(3,4)40-19-10-11-20-41(40)57(50)33-52(61)59-43-22-13-15-24-47(43)63-49-29-27-35(56)31-45(49)59/h5-31,37H,32-33H2,1-4H3/q+1/b6-5+,25-7+,39-17+. The van der Waals surface area contributed by atoms with Gasteiger partial charge in [-0.15, -0.1) is 0 Å². The molecule has 0 aromatic heterocycles. The number of hydrogen-bond donors (Lipinski definition) is 0. The number of para-hydroxylation sites is 3. The number of hydrogen-bond acceptors (Lipinski definition) is 4. The molecule has 3 aliphatic heterocycles. The van der Waals surface area contributed by atoms with Crippen LogP contribution in [-0.4, -0.2) is 28.6 Å². The number of nitrogens with zero attached hydrogens (tertiary/aromatic N) is 3. The second-order valence-corrected chi connectivity index (χ2v) is 20.3. The summed E-state index contributed by atoms with van der Waals surface area (Å²) in [6.07, 6.45) is 10.8. The minimum absolute atomic E-state index is 0.0194. The molecule has 6 aromatic carbocycles. The Morgan fingerprint density at radius 3 is 1.79 bits per heavy atom. The summed E-state index contributed by atoms with van der Waals surface area (Å²) in [7, 11) is 0. The summed E-state index contributed by atoms with van der Waals surface area (Å²) in [5.41, 5.74) is 9.47. The van der Waals surface area contributed by atoms with Crippen molar-refractivity contribution in [3.63, 3.8) is 0 Å². The first kappa shape index (κ1) is 41.4. The third-order valence-electron chi connectivity index (χ3n) is 12.8. The molecule has 63 heavy (non-hydrogen) atoms. The Labute approximate surface area is 387 Å². The number of carbonyl (C=O) groups excluding carboxylic acids is 2. The van der Waals surface area contributed by atoms with Crippen molar-refractivity contribution in [1.82, 2.24) is 0 Å². The van der Waals surface area contributed by atoms with Crippen molar-refractivity contribution in [2.75, 3.05) is 16.3 Å². The van der Waals surface area contributed by atoms with E-state index >= 15 is 0 Å². The highest BCUT2D eigenvalue weighted by atomic mass is 35.5. The fourth-order valence-corrected chi connectivity index (χ4v) is 12.2. The number of allylic oxidation sites excluding steroid dienone is 6. The highest BCUT2D eigenvalue weighted by Gasteiger charge is 2.46. The monoisotopic (exact) mass is 900 g/mol. The Morgan fingerprint density at radius 1 is 0.603 bits per heavy atom. The number of anilines is 4. The van der Waals surface area contributed by atoms with Gasteiger partial charge in [-0.25, -0.2) is 0 Å². The minimum atomic E-state index is -0.370. The topological polar surface area (TPSA) is 43.6 Å². The van der Waals surface area contributed by atoms with Gasteiger partial charge in [0, 0.05) is 65.1 Å². The van der Waals surface area contributed by atoms with E-state index in [4.69, 9.17) is 23.2 Å². The molecule has 312 valence electrons. The van der Waals surface area contributed by atoms with Crippen molar-refractivity contribution in [2.24, 2.45) is 0 Å². The molecule has 1 atom stereocenters. The van der Waals surface area contributed by atoms with Gasteiger partial charge in [0.15, 0.2) is 5.71 Å². The Balaban J connectivity index is 0.976. The number of rotatable bonds is 7. The molecule has 9 heteroatoms. The van der Waals surface area contributed by atoms with Crippen LogP contribution < -0.4 is 9.80 Å². The molecule has 3 heterocycles. The third-order valence-corrected chi connectivity index (χ3v) is 15.5. The van der Waals surface area contributed by atoms with E-state index in [9.17, 15) is 9.59 Å². The molecule has 0 saturated carbocycles. The van der Waals surface area contributed by atoms with Gasteiger partial charge in [-0.1, -0.05) is 157 Å². The highest BCUT2D eigenvalue weighted by Crippen LogP contribution is 2.54. The third kappa shape index (κ3) is 7.20. The van der Waals surface area contributed by atoms with Crippen molar-refractivity contribution in [2.45, 2.75) is 70.4 Å². The van der Waals surface area contributed by atoms with E-state index in [1.807, 2.05) is 88.7 Å².